The van der Waals surface area contributed by atoms with Gasteiger partial charge in [-0.25, -0.2) is 4.79 Å². The fourth-order valence-corrected chi connectivity index (χ4v) is 1.77. The van der Waals surface area contributed by atoms with Crippen molar-refractivity contribution in [1.29, 1.82) is 0 Å². The van der Waals surface area contributed by atoms with Gasteiger partial charge in [0.15, 0.2) is 5.60 Å². The fourth-order valence-electron chi connectivity index (χ4n) is 1.17. The maximum atomic E-state index is 10.8. The Morgan fingerprint density at radius 2 is 1.81 bits per heavy atom. The number of carboxylic acid groups (broad SMARTS) is 1. The third-order valence-corrected chi connectivity index (χ3v) is 2.90. The van der Waals surface area contributed by atoms with E-state index in [9.17, 15) is 15.0 Å². The Hall–Kier alpha value is -0.810. The average molecular weight is 265 g/mol. The van der Waals surface area contributed by atoms with Gasteiger partial charge in [-0.2, -0.15) is 0 Å². The number of aliphatic hydroxyl groups excluding tert-OH is 1. The van der Waals surface area contributed by atoms with Crippen molar-refractivity contribution in [1.82, 2.24) is 0 Å². The molecule has 2 atom stereocenters. The molecule has 1 rings (SSSR count). The van der Waals surface area contributed by atoms with E-state index in [0.29, 0.717) is 0 Å². The summed E-state index contributed by atoms with van der Waals surface area (Å²) >= 11 is 11.6. The number of aliphatic carboxylic acids is 1. The molecule has 0 fully saturated rings. The molecule has 0 amide bonds. The molecule has 0 aliphatic carbocycles. The molecule has 0 heterocycles. The first-order valence-electron chi connectivity index (χ1n) is 4.36. The molecule has 0 spiro atoms. The number of benzene rings is 1. The molecule has 0 unspecified atom stereocenters. The monoisotopic (exact) mass is 264 g/mol. The largest absolute Gasteiger partial charge is 0.479 e. The highest BCUT2D eigenvalue weighted by Crippen LogP contribution is 2.35. The van der Waals surface area contributed by atoms with Crippen LogP contribution in [0.2, 0.25) is 10.0 Å². The van der Waals surface area contributed by atoms with Crippen molar-refractivity contribution in [3.8, 4) is 0 Å². The van der Waals surface area contributed by atoms with Crippen molar-refractivity contribution in [3.63, 3.8) is 0 Å². The van der Waals surface area contributed by atoms with Gasteiger partial charge in [-0.1, -0.05) is 29.3 Å². The summed E-state index contributed by atoms with van der Waals surface area (Å²) in [7, 11) is 0. The first kappa shape index (κ1) is 13.3. The van der Waals surface area contributed by atoms with E-state index in [-0.39, 0.29) is 15.6 Å². The van der Waals surface area contributed by atoms with Crippen LogP contribution < -0.4 is 0 Å². The molecule has 16 heavy (non-hydrogen) atoms. The second kappa shape index (κ2) is 4.59. The van der Waals surface area contributed by atoms with Gasteiger partial charge in [0, 0.05) is 15.6 Å². The molecule has 0 aromatic heterocycles. The molecule has 1 aromatic carbocycles. The summed E-state index contributed by atoms with van der Waals surface area (Å²) in [6.07, 6.45) is -1.70. The molecule has 4 nitrogen and oxygen atoms in total. The van der Waals surface area contributed by atoms with E-state index in [1.165, 1.54) is 12.1 Å². The Morgan fingerprint density at radius 1 is 1.38 bits per heavy atom. The molecular formula is C10H10Cl2O4. The summed E-state index contributed by atoms with van der Waals surface area (Å²) in [4.78, 5) is 10.8. The van der Waals surface area contributed by atoms with Gasteiger partial charge in [0.25, 0.3) is 0 Å². The van der Waals surface area contributed by atoms with Gasteiger partial charge in [0.05, 0.1) is 0 Å². The van der Waals surface area contributed by atoms with Crippen molar-refractivity contribution in [2.24, 2.45) is 0 Å². The van der Waals surface area contributed by atoms with Crippen LogP contribution >= 0.6 is 23.2 Å². The molecule has 0 radical (unpaired) electrons. The van der Waals surface area contributed by atoms with E-state index >= 15 is 0 Å². The van der Waals surface area contributed by atoms with Gasteiger partial charge < -0.3 is 15.3 Å². The van der Waals surface area contributed by atoms with Crippen LogP contribution in [-0.2, 0) is 4.79 Å². The summed E-state index contributed by atoms with van der Waals surface area (Å²) in [5.74, 6) is -1.56. The molecule has 3 N–H and O–H groups in total. The molecule has 0 aliphatic rings. The molecule has 0 bridgehead atoms. The fraction of sp³-hybridized carbons (Fsp3) is 0.300. The van der Waals surface area contributed by atoms with Crippen molar-refractivity contribution in [2.75, 3.05) is 0 Å². The minimum atomic E-state index is -2.35. The Balaban J connectivity index is 3.24. The number of hydrogen-bond donors (Lipinski definition) is 3. The maximum Gasteiger partial charge on any atom is 0.338 e. The van der Waals surface area contributed by atoms with E-state index in [0.717, 1.165) is 6.92 Å². The van der Waals surface area contributed by atoms with E-state index in [1.807, 2.05) is 0 Å². The normalized spacial score (nSPS) is 16.6. The Labute approximate surface area is 102 Å². The van der Waals surface area contributed by atoms with Crippen LogP contribution in [-0.4, -0.2) is 26.9 Å². The lowest BCUT2D eigenvalue weighted by atomic mass is 9.93. The lowest BCUT2D eigenvalue weighted by Crippen LogP contribution is -2.41. The zero-order chi connectivity index (χ0) is 12.5. The third-order valence-electron chi connectivity index (χ3n) is 2.24. The van der Waals surface area contributed by atoms with Crippen molar-refractivity contribution in [2.45, 2.75) is 18.6 Å². The van der Waals surface area contributed by atoms with Gasteiger partial charge in [-0.3, -0.25) is 0 Å². The van der Waals surface area contributed by atoms with Crippen LogP contribution in [0.4, 0.5) is 0 Å². The lowest BCUT2D eigenvalue weighted by molar-refractivity contribution is -0.169. The first-order chi connectivity index (χ1) is 7.28. The van der Waals surface area contributed by atoms with Gasteiger partial charge in [0.2, 0.25) is 0 Å². The minimum absolute atomic E-state index is 0.00164. The van der Waals surface area contributed by atoms with Gasteiger partial charge in [-0.15, -0.1) is 0 Å². The zero-order valence-corrected chi connectivity index (χ0v) is 9.83. The Bertz CT molecular complexity index is 397. The summed E-state index contributed by atoms with van der Waals surface area (Å²) in [6.45, 7) is 0.972. The SMILES string of the molecule is C[C@@](O)(C(=O)O)[C@H](O)c1c(Cl)cccc1Cl. The standard InChI is InChI=1S/C10H10Cl2O4/c1-10(16,9(14)15)8(13)7-5(11)3-2-4-6(7)12/h2-4,8,13,16H,1H3,(H,14,15)/t8-,10+/m1/s1. The van der Waals surface area contributed by atoms with E-state index < -0.39 is 17.7 Å². The van der Waals surface area contributed by atoms with Crippen molar-refractivity contribution < 1.29 is 20.1 Å². The molecule has 0 saturated carbocycles. The van der Waals surface area contributed by atoms with Crippen LogP contribution in [0.3, 0.4) is 0 Å². The third kappa shape index (κ3) is 2.30. The van der Waals surface area contributed by atoms with Crippen LogP contribution in [0, 0.1) is 0 Å². The lowest BCUT2D eigenvalue weighted by Gasteiger charge is -2.26. The Morgan fingerprint density at radius 3 is 2.19 bits per heavy atom. The van der Waals surface area contributed by atoms with Gasteiger partial charge in [0.1, 0.15) is 6.10 Å². The predicted molar refractivity (Wildman–Crippen MR) is 59.7 cm³/mol. The number of aliphatic hydroxyl groups is 2. The van der Waals surface area contributed by atoms with E-state index in [2.05, 4.69) is 0 Å². The molecule has 88 valence electrons. The number of carboxylic acids is 1. The predicted octanol–water partition coefficient (Wildman–Crippen LogP) is 1.86. The smallest absolute Gasteiger partial charge is 0.338 e. The van der Waals surface area contributed by atoms with E-state index in [1.54, 1.807) is 6.07 Å². The summed E-state index contributed by atoms with van der Waals surface area (Å²) in [5, 5.41) is 28.3. The zero-order valence-electron chi connectivity index (χ0n) is 8.32. The molecule has 1 aromatic rings. The van der Waals surface area contributed by atoms with Crippen LogP contribution in [0.1, 0.15) is 18.6 Å². The number of halogens is 2. The Kier molecular flexibility index (Phi) is 3.80. The van der Waals surface area contributed by atoms with Crippen LogP contribution in [0.15, 0.2) is 18.2 Å². The average Bonchev–Trinajstić information content (AvgIpc) is 2.16. The van der Waals surface area contributed by atoms with E-state index in [4.69, 9.17) is 28.3 Å². The second-order valence-corrected chi connectivity index (χ2v) is 4.30. The number of rotatable bonds is 3. The van der Waals surface area contributed by atoms with Crippen LogP contribution in [0.5, 0.6) is 0 Å². The van der Waals surface area contributed by atoms with Crippen molar-refractivity contribution >= 4 is 29.2 Å². The molecule has 6 heteroatoms. The highest BCUT2D eigenvalue weighted by atomic mass is 35.5. The van der Waals surface area contributed by atoms with Gasteiger partial charge >= 0.3 is 5.97 Å². The summed E-state index contributed by atoms with van der Waals surface area (Å²) in [6, 6.07) is 4.45. The highest BCUT2D eigenvalue weighted by Gasteiger charge is 2.41. The topological polar surface area (TPSA) is 77.8 Å². The molecule has 0 saturated heterocycles. The quantitative estimate of drug-likeness (QED) is 0.779. The van der Waals surface area contributed by atoms with Gasteiger partial charge in [-0.05, 0) is 19.1 Å². The first-order valence-corrected chi connectivity index (χ1v) is 5.11. The van der Waals surface area contributed by atoms with Crippen molar-refractivity contribution in [3.05, 3.63) is 33.8 Å². The number of carbonyl (C=O) groups is 1. The maximum absolute atomic E-state index is 10.8. The second-order valence-electron chi connectivity index (χ2n) is 3.49. The molecule has 0 aliphatic heterocycles. The summed E-state index contributed by atoms with van der Waals surface area (Å²) in [5.41, 5.74) is -2.35. The molecular weight excluding hydrogens is 255 g/mol. The summed E-state index contributed by atoms with van der Waals surface area (Å²) < 4.78 is 0. The number of hydrogen-bond acceptors (Lipinski definition) is 3. The van der Waals surface area contributed by atoms with Crippen LogP contribution in [0.25, 0.3) is 0 Å². The minimum Gasteiger partial charge on any atom is -0.479 e. The highest BCUT2D eigenvalue weighted by molar-refractivity contribution is 6.36.